The lowest BCUT2D eigenvalue weighted by atomic mass is 10.0. The number of rotatable bonds is 8. The van der Waals surface area contributed by atoms with Crippen molar-refractivity contribution < 1.29 is 0 Å². The molecule has 0 saturated carbocycles. The quantitative estimate of drug-likeness (QED) is 0.402. The molecular weight excluding hydrogens is 248 g/mol. The van der Waals surface area contributed by atoms with E-state index in [1.165, 1.54) is 18.6 Å². The molecule has 0 aliphatic heterocycles. The van der Waals surface area contributed by atoms with Gasteiger partial charge in [0.25, 0.3) is 0 Å². The monoisotopic (exact) mass is 268 g/mol. The molecule has 0 heterocycles. The highest BCUT2D eigenvalue weighted by Gasteiger charge is 2.04. The highest BCUT2D eigenvalue weighted by atomic mass is 35.5. The molecule has 0 amide bonds. The van der Waals surface area contributed by atoms with Crippen LogP contribution in [-0.2, 0) is 0 Å². The van der Waals surface area contributed by atoms with E-state index >= 15 is 0 Å². The molecule has 18 heavy (non-hydrogen) atoms. The minimum absolute atomic E-state index is 0.456. The van der Waals surface area contributed by atoms with E-state index in [9.17, 15) is 0 Å². The van der Waals surface area contributed by atoms with Crippen LogP contribution in [0.4, 0.5) is 0 Å². The van der Waals surface area contributed by atoms with Crippen molar-refractivity contribution in [2.45, 2.75) is 19.8 Å². The van der Waals surface area contributed by atoms with Crippen LogP contribution in [0.2, 0.25) is 0 Å². The van der Waals surface area contributed by atoms with Gasteiger partial charge in [-0.25, -0.2) is 0 Å². The van der Waals surface area contributed by atoms with Gasteiger partial charge in [0.05, 0.1) is 5.03 Å². The number of allylic oxidation sites excluding steroid dienone is 4. The number of likely N-dealkylation sites (N-methyl/N-ethyl adjacent to an activating group) is 1. The maximum absolute atomic E-state index is 7.18. The molecule has 0 aliphatic rings. The van der Waals surface area contributed by atoms with Crippen molar-refractivity contribution in [1.29, 1.82) is 5.41 Å². The maximum Gasteiger partial charge on any atom is 0.0564 e. The van der Waals surface area contributed by atoms with Crippen LogP contribution in [0.1, 0.15) is 19.8 Å². The number of nitrogens with two attached hydrogens (primary N) is 2. The average molecular weight is 269 g/mol. The topological polar surface area (TPSA) is 87.9 Å². The van der Waals surface area contributed by atoms with Gasteiger partial charge in [-0.2, -0.15) is 0 Å². The smallest absolute Gasteiger partial charge is 0.0564 e. The minimum Gasteiger partial charge on any atom is -0.404 e. The number of hydrogen-bond acceptors (Lipinski definition) is 4. The fourth-order valence-electron chi connectivity index (χ4n) is 1.33. The van der Waals surface area contributed by atoms with Gasteiger partial charge in [-0.3, -0.25) is 0 Å². The molecule has 0 unspecified atom stereocenters. The summed E-state index contributed by atoms with van der Waals surface area (Å²) in [5, 5.41) is 10.8. The molecule has 0 aromatic carbocycles. The van der Waals surface area contributed by atoms with Crippen molar-refractivity contribution in [3.05, 3.63) is 46.9 Å². The summed E-state index contributed by atoms with van der Waals surface area (Å²) in [4.78, 5) is 0. The number of nitrogens with one attached hydrogen (secondary N) is 2. The normalized spacial score (nSPS) is 13.3. The summed E-state index contributed by atoms with van der Waals surface area (Å²) in [7, 11) is 0. The SMILES string of the molecule is C=C(NCC)/C(=C\C(Cl)=C/N)CC/C(C=N)=C/N. The zero-order valence-electron chi connectivity index (χ0n) is 10.7. The largest absolute Gasteiger partial charge is 0.404 e. The Morgan fingerprint density at radius 1 is 1.33 bits per heavy atom. The molecule has 0 aromatic heterocycles. The Balaban J connectivity index is 4.84. The Kier molecular flexibility index (Phi) is 8.49. The van der Waals surface area contributed by atoms with E-state index in [4.69, 9.17) is 28.5 Å². The van der Waals surface area contributed by atoms with Crippen LogP contribution in [-0.4, -0.2) is 12.8 Å². The van der Waals surface area contributed by atoms with E-state index in [2.05, 4.69) is 11.9 Å². The molecule has 0 aliphatic carbocycles. The second-order valence-corrected chi connectivity index (χ2v) is 4.05. The lowest BCUT2D eigenvalue weighted by Gasteiger charge is -2.12. The molecule has 6 N–H and O–H groups in total. The Labute approximate surface area is 114 Å². The average Bonchev–Trinajstić information content (AvgIpc) is 2.38. The van der Waals surface area contributed by atoms with Crippen LogP contribution in [0.25, 0.3) is 0 Å². The second kappa shape index (κ2) is 9.36. The van der Waals surface area contributed by atoms with E-state index in [-0.39, 0.29) is 0 Å². The molecule has 0 spiro atoms. The van der Waals surface area contributed by atoms with E-state index in [1.807, 2.05) is 6.92 Å². The second-order valence-electron chi connectivity index (χ2n) is 3.62. The highest BCUT2D eigenvalue weighted by Crippen LogP contribution is 2.18. The standard InChI is InChI=1S/C13H21ClN4/c1-3-18-10(2)12(6-13(14)9-17)5-4-11(7-15)8-16/h6-9,15,18H,2-5,16-17H2,1H3/b11-8-,12-6-,13-9+,15-7?. The third kappa shape index (κ3) is 6.15. The van der Waals surface area contributed by atoms with Gasteiger partial charge in [0.15, 0.2) is 0 Å². The van der Waals surface area contributed by atoms with E-state index in [1.54, 1.807) is 6.08 Å². The summed E-state index contributed by atoms with van der Waals surface area (Å²) in [5.74, 6) is 0. The first-order chi connectivity index (χ1) is 8.58. The first kappa shape index (κ1) is 16.3. The lowest BCUT2D eigenvalue weighted by molar-refractivity contribution is 0.833. The molecule has 0 rings (SSSR count). The highest BCUT2D eigenvalue weighted by molar-refractivity contribution is 6.31. The van der Waals surface area contributed by atoms with Crippen LogP contribution in [0.3, 0.4) is 0 Å². The molecule has 100 valence electrons. The first-order valence-electron chi connectivity index (χ1n) is 5.71. The Hall–Kier alpha value is -1.68. The lowest BCUT2D eigenvalue weighted by Crippen LogP contribution is -2.13. The molecule has 0 fully saturated rings. The summed E-state index contributed by atoms with van der Waals surface area (Å²) in [6, 6.07) is 0. The van der Waals surface area contributed by atoms with E-state index < -0.39 is 0 Å². The first-order valence-corrected chi connectivity index (χ1v) is 6.09. The minimum atomic E-state index is 0.456. The van der Waals surface area contributed by atoms with Crippen molar-refractivity contribution in [2.75, 3.05) is 6.54 Å². The van der Waals surface area contributed by atoms with Crippen molar-refractivity contribution in [2.24, 2.45) is 11.5 Å². The van der Waals surface area contributed by atoms with Crippen molar-refractivity contribution in [1.82, 2.24) is 5.32 Å². The van der Waals surface area contributed by atoms with Crippen LogP contribution in [0.15, 0.2) is 46.9 Å². The molecule has 5 heteroatoms. The molecule has 0 bridgehead atoms. The van der Waals surface area contributed by atoms with Crippen molar-refractivity contribution in [3.8, 4) is 0 Å². The van der Waals surface area contributed by atoms with Gasteiger partial charge in [0.2, 0.25) is 0 Å². The van der Waals surface area contributed by atoms with Gasteiger partial charge in [-0.15, -0.1) is 0 Å². The van der Waals surface area contributed by atoms with Crippen LogP contribution >= 0.6 is 11.6 Å². The summed E-state index contributed by atoms with van der Waals surface area (Å²) in [6.07, 6.45) is 7.12. The van der Waals surface area contributed by atoms with E-state index in [0.717, 1.165) is 23.4 Å². The van der Waals surface area contributed by atoms with Gasteiger partial charge in [0, 0.05) is 24.7 Å². The summed E-state index contributed by atoms with van der Waals surface area (Å²) in [6.45, 7) is 6.72. The van der Waals surface area contributed by atoms with Gasteiger partial charge < -0.3 is 22.2 Å². The Bertz CT molecular complexity index is 380. The van der Waals surface area contributed by atoms with E-state index in [0.29, 0.717) is 17.9 Å². The van der Waals surface area contributed by atoms with Gasteiger partial charge in [0.1, 0.15) is 0 Å². The zero-order chi connectivity index (χ0) is 14.0. The van der Waals surface area contributed by atoms with Crippen molar-refractivity contribution in [3.63, 3.8) is 0 Å². The molecule has 4 nitrogen and oxygen atoms in total. The summed E-state index contributed by atoms with van der Waals surface area (Å²) >= 11 is 5.89. The molecule has 0 aromatic rings. The summed E-state index contributed by atoms with van der Waals surface area (Å²) < 4.78 is 0. The molecule has 0 saturated heterocycles. The van der Waals surface area contributed by atoms with Gasteiger partial charge in [-0.05, 0) is 43.2 Å². The van der Waals surface area contributed by atoms with Crippen LogP contribution in [0, 0.1) is 5.41 Å². The third-order valence-corrected chi connectivity index (χ3v) is 2.57. The van der Waals surface area contributed by atoms with Crippen molar-refractivity contribution >= 4 is 17.8 Å². The number of halogens is 1. The van der Waals surface area contributed by atoms with Crippen LogP contribution in [0.5, 0.6) is 0 Å². The zero-order valence-corrected chi connectivity index (χ0v) is 11.4. The predicted molar refractivity (Wildman–Crippen MR) is 79.3 cm³/mol. The fourth-order valence-corrected chi connectivity index (χ4v) is 1.47. The van der Waals surface area contributed by atoms with Crippen LogP contribution < -0.4 is 16.8 Å². The molecule has 0 radical (unpaired) electrons. The Morgan fingerprint density at radius 2 is 2.00 bits per heavy atom. The van der Waals surface area contributed by atoms with Gasteiger partial charge in [-0.1, -0.05) is 18.2 Å². The summed E-state index contributed by atoms with van der Waals surface area (Å²) in [5.41, 5.74) is 13.3. The Morgan fingerprint density at radius 3 is 2.44 bits per heavy atom. The third-order valence-electron chi connectivity index (χ3n) is 2.33. The molecular formula is C13H21ClN4. The van der Waals surface area contributed by atoms with Gasteiger partial charge >= 0.3 is 0 Å². The fraction of sp³-hybridized carbons (Fsp3) is 0.308. The predicted octanol–water partition coefficient (Wildman–Crippen LogP) is 2.35. The molecule has 0 atom stereocenters. The maximum atomic E-state index is 7.18. The number of hydrogen-bond donors (Lipinski definition) is 4.